The second-order valence-corrected chi connectivity index (χ2v) is 5.25. The predicted molar refractivity (Wildman–Crippen MR) is 93.8 cm³/mol. The number of benzene rings is 1. The molecule has 0 atom stereocenters. The van der Waals surface area contributed by atoms with E-state index in [1.807, 2.05) is 52.1 Å². The Hall–Kier alpha value is -1.55. The van der Waals surface area contributed by atoms with Gasteiger partial charge >= 0.3 is 0 Å². The van der Waals surface area contributed by atoms with Crippen LogP contribution in [0.2, 0.25) is 0 Å². The van der Waals surface area contributed by atoms with Crippen LogP contribution in [0.15, 0.2) is 29.3 Å². The van der Waals surface area contributed by atoms with Crippen molar-refractivity contribution in [3.8, 4) is 0 Å². The Morgan fingerprint density at radius 1 is 1.29 bits per heavy atom. The summed E-state index contributed by atoms with van der Waals surface area (Å²) in [5.41, 5.74) is 5.00. The molecule has 1 heterocycles. The molecule has 0 bridgehead atoms. The SMILES string of the molecule is CC.CSNC(=O)c1ccc(C)c(C2=CCCC(C)=N2)c1. The number of amides is 1. The molecule has 0 saturated heterocycles. The normalized spacial score (nSPS) is 13.6. The van der Waals surface area contributed by atoms with Gasteiger partial charge in [-0.2, -0.15) is 0 Å². The third-order valence-corrected chi connectivity index (χ3v) is 3.52. The van der Waals surface area contributed by atoms with Crippen LogP contribution in [0.5, 0.6) is 0 Å². The summed E-state index contributed by atoms with van der Waals surface area (Å²) in [4.78, 5) is 16.5. The van der Waals surface area contributed by atoms with E-state index < -0.39 is 0 Å². The van der Waals surface area contributed by atoms with Gasteiger partial charge in [0, 0.05) is 23.1 Å². The van der Waals surface area contributed by atoms with Gasteiger partial charge in [-0.05, 0) is 44.4 Å². The minimum absolute atomic E-state index is 0.0640. The minimum Gasteiger partial charge on any atom is -0.296 e. The Kier molecular flexibility index (Phi) is 7.23. The number of nitrogens with one attached hydrogen (secondary N) is 1. The van der Waals surface area contributed by atoms with E-state index in [1.54, 1.807) is 0 Å². The van der Waals surface area contributed by atoms with Crippen molar-refractivity contribution in [2.24, 2.45) is 4.99 Å². The van der Waals surface area contributed by atoms with Crippen molar-refractivity contribution in [1.82, 2.24) is 4.72 Å². The van der Waals surface area contributed by atoms with Crippen LogP contribution >= 0.6 is 11.9 Å². The van der Waals surface area contributed by atoms with Gasteiger partial charge in [0.25, 0.3) is 5.91 Å². The first kappa shape index (κ1) is 17.5. The minimum atomic E-state index is -0.0640. The molecule has 0 unspecified atom stereocenters. The second kappa shape index (κ2) is 8.67. The lowest BCUT2D eigenvalue weighted by atomic mass is 9.99. The monoisotopic (exact) mass is 304 g/mol. The van der Waals surface area contributed by atoms with Crippen LogP contribution in [0.4, 0.5) is 0 Å². The summed E-state index contributed by atoms with van der Waals surface area (Å²) in [6, 6.07) is 5.75. The van der Waals surface area contributed by atoms with Gasteiger partial charge < -0.3 is 0 Å². The van der Waals surface area contributed by atoms with E-state index in [1.165, 1.54) is 11.9 Å². The molecule has 1 aliphatic heterocycles. The molecule has 114 valence electrons. The summed E-state index contributed by atoms with van der Waals surface area (Å²) in [5.74, 6) is -0.0640. The molecule has 1 aliphatic rings. The van der Waals surface area contributed by atoms with Gasteiger partial charge in [-0.1, -0.05) is 37.9 Å². The Morgan fingerprint density at radius 3 is 2.62 bits per heavy atom. The molecular formula is C17H24N2OS. The van der Waals surface area contributed by atoms with E-state index in [0.717, 1.165) is 35.4 Å². The summed E-state index contributed by atoms with van der Waals surface area (Å²) >= 11 is 1.31. The Balaban J connectivity index is 0.00000106. The molecule has 1 aromatic carbocycles. The lowest BCUT2D eigenvalue weighted by Gasteiger charge is -2.13. The van der Waals surface area contributed by atoms with E-state index in [4.69, 9.17) is 0 Å². The molecule has 1 N–H and O–H groups in total. The van der Waals surface area contributed by atoms with Crippen molar-refractivity contribution < 1.29 is 4.79 Å². The standard InChI is InChI=1S/C15H18N2OS.C2H6/c1-10-7-8-12(15(18)17-19-3)9-13(10)14-6-4-5-11(2)16-14;1-2/h6-9H,4-5H2,1-3H3,(H,17,18);1-2H3. The van der Waals surface area contributed by atoms with Gasteiger partial charge in [-0.3, -0.25) is 14.5 Å². The third kappa shape index (κ3) is 4.74. The Labute approximate surface area is 132 Å². The van der Waals surface area contributed by atoms with Gasteiger partial charge in [0.1, 0.15) is 0 Å². The third-order valence-electron chi connectivity index (χ3n) is 3.13. The van der Waals surface area contributed by atoms with Gasteiger partial charge in [0.05, 0.1) is 5.70 Å². The molecule has 0 aliphatic carbocycles. The molecule has 1 amide bonds. The van der Waals surface area contributed by atoms with Crippen LogP contribution < -0.4 is 4.72 Å². The first-order chi connectivity index (χ1) is 10.1. The highest BCUT2D eigenvalue weighted by atomic mass is 32.2. The topological polar surface area (TPSA) is 41.5 Å². The zero-order chi connectivity index (χ0) is 15.8. The summed E-state index contributed by atoms with van der Waals surface area (Å²) < 4.78 is 2.74. The average Bonchev–Trinajstić information content (AvgIpc) is 2.50. The maximum atomic E-state index is 11.9. The zero-order valence-electron chi connectivity index (χ0n) is 13.5. The fourth-order valence-corrected chi connectivity index (χ4v) is 2.39. The zero-order valence-corrected chi connectivity index (χ0v) is 14.3. The molecular weight excluding hydrogens is 280 g/mol. The maximum Gasteiger partial charge on any atom is 0.261 e. The molecule has 1 aromatic rings. The lowest BCUT2D eigenvalue weighted by molar-refractivity contribution is 0.0984. The summed E-state index contributed by atoms with van der Waals surface area (Å²) in [7, 11) is 0. The van der Waals surface area contributed by atoms with Crippen LogP contribution in [0.1, 0.15) is 55.1 Å². The summed E-state index contributed by atoms with van der Waals surface area (Å²) in [6.45, 7) is 8.10. The largest absolute Gasteiger partial charge is 0.296 e. The van der Waals surface area contributed by atoms with Crippen LogP contribution in [0, 0.1) is 6.92 Å². The highest BCUT2D eigenvalue weighted by molar-refractivity contribution is 7.97. The summed E-state index contributed by atoms with van der Waals surface area (Å²) in [5, 5.41) is 0. The molecule has 0 spiro atoms. The van der Waals surface area contributed by atoms with Gasteiger partial charge in [0.15, 0.2) is 0 Å². The van der Waals surface area contributed by atoms with E-state index in [0.29, 0.717) is 5.56 Å². The highest BCUT2D eigenvalue weighted by Crippen LogP contribution is 2.25. The first-order valence-electron chi connectivity index (χ1n) is 7.30. The fraction of sp³-hybridized carbons (Fsp3) is 0.412. The fourth-order valence-electron chi connectivity index (χ4n) is 2.09. The van der Waals surface area contributed by atoms with Crippen molar-refractivity contribution in [2.45, 2.75) is 40.5 Å². The molecule has 2 rings (SSSR count). The number of allylic oxidation sites excluding steroid dienone is 1. The van der Waals surface area contributed by atoms with E-state index in [-0.39, 0.29) is 5.91 Å². The molecule has 21 heavy (non-hydrogen) atoms. The maximum absolute atomic E-state index is 11.9. The Bertz CT molecular complexity index is 562. The molecule has 0 saturated carbocycles. The van der Waals surface area contributed by atoms with Crippen LogP contribution in [0.3, 0.4) is 0 Å². The van der Waals surface area contributed by atoms with Crippen LogP contribution in [0.25, 0.3) is 5.70 Å². The summed E-state index contributed by atoms with van der Waals surface area (Å²) in [6.07, 6.45) is 6.02. The number of carbonyl (C=O) groups is 1. The lowest BCUT2D eigenvalue weighted by Crippen LogP contribution is -2.15. The number of rotatable bonds is 3. The number of hydrogen-bond acceptors (Lipinski definition) is 3. The Morgan fingerprint density at radius 2 is 2.00 bits per heavy atom. The van der Waals surface area contributed by atoms with E-state index in [9.17, 15) is 4.79 Å². The number of aliphatic imine (C=N–C) groups is 1. The first-order valence-corrected chi connectivity index (χ1v) is 8.53. The van der Waals surface area contributed by atoms with Gasteiger partial charge in [-0.25, -0.2) is 0 Å². The van der Waals surface area contributed by atoms with Crippen molar-refractivity contribution in [3.05, 3.63) is 41.0 Å². The highest BCUT2D eigenvalue weighted by Gasteiger charge is 2.12. The number of aryl methyl sites for hydroxylation is 1. The average molecular weight is 304 g/mol. The molecule has 4 heteroatoms. The van der Waals surface area contributed by atoms with Crippen molar-refractivity contribution in [3.63, 3.8) is 0 Å². The van der Waals surface area contributed by atoms with E-state index in [2.05, 4.69) is 15.8 Å². The molecule has 3 nitrogen and oxygen atoms in total. The van der Waals surface area contributed by atoms with Gasteiger partial charge in [0.2, 0.25) is 0 Å². The van der Waals surface area contributed by atoms with Crippen molar-refractivity contribution in [2.75, 3.05) is 6.26 Å². The smallest absolute Gasteiger partial charge is 0.261 e. The number of hydrogen-bond donors (Lipinski definition) is 1. The van der Waals surface area contributed by atoms with E-state index >= 15 is 0 Å². The number of nitrogens with zero attached hydrogens (tertiary/aromatic N) is 1. The predicted octanol–water partition coefficient (Wildman–Crippen LogP) is 4.62. The quantitative estimate of drug-likeness (QED) is 0.828. The van der Waals surface area contributed by atoms with Crippen LogP contribution in [-0.4, -0.2) is 17.9 Å². The van der Waals surface area contributed by atoms with Crippen molar-refractivity contribution in [1.29, 1.82) is 0 Å². The number of carbonyl (C=O) groups excluding carboxylic acids is 1. The molecule has 0 aromatic heterocycles. The molecule has 0 fully saturated rings. The van der Waals surface area contributed by atoms with Crippen molar-refractivity contribution >= 4 is 29.3 Å². The second-order valence-electron chi connectivity index (χ2n) is 4.64. The molecule has 0 radical (unpaired) electrons. The van der Waals surface area contributed by atoms with Gasteiger partial charge in [-0.15, -0.1) is 0 Å². The van der Waals surface area contributed by atoms with Crippen LogP contribution in [-0.2, 0) is 0 Å².